The molecular formula is C16H12Cl2N2O2S. The molecule has 118 valence electrons. The molecule has 1 atom stereocenters. The van der Waals surface area contributed by atoms with Crippen LogP contribution in [0.1, 0.15) is 6.42 Å². The number of rotatable bonds is 3. The Kier molecular flexibility index (Phi) is 4.80. The number of benzene rings is 2. The van der Waals surface area contributed by atoms with Crippen molar-refractivity contribution in [3.63, 3.8) is 0 Å². The summed E-state index contributed by atoms with van der Waals surface area (Å²) in [4.78, 5) is 25.2. The lowest BCUT2D eigenvalue weighted by molar-refractivity contribution is -0.120. The van der Waals surface area contributed by atoms with E-state index in [1.54, 1.807) is 36.4 Å². The molecule has 0 saturated carbocycles. The third-order valence-corrected chi connectivity index (χ3v) is 5.12. The molecular weight excluding hydrogens is 355 g/mol. The van der Waals surface area contributed by atoms with Gasteiger partial charge in [-0.15, -0.1) is 11.8 Å². The second-order valence-electron chi connectivity index (χ2n) is 4.97. The Morgan fingerprint density at radius 1 is 1.22 bits per heavy atom. The fourth-order valence-corrected chi connectivity index (χ4v) is 3.64. The zero-order valence-electron chi connectivity index (χ0n) is 11.8. The van der Waals surface area contributed by atoms with Crippen molar-refractivity contribution in [2.75, 3.05) is 10.6 Å². The Morgan fingerprint density at radius 3 is 2.78 bits per heavy atom. The standard InChI is InChI=1S/C16H12Cl2N2O2S/c17-9-5-6-13-12(7-9)20-16(22)14(23-13)8-15(21)19-11-4-2-1-3-10(11)18/h1-7,14H,8H2,(H,19,21)(H,20,22). The Balaban J connectivity index is 1.68. The summed E-state index contributed by atoms with van der Waals surface area (Å²) in [6.45, 7) is 0. The van der Waals surface area contributed by atoms with E-state index in [2.05, 4.69) is 10.6 Å². The zero-order valence-corrected chi connectivity index (χ0v) is 14.1. The monoisotopic (exact) mass is 366 g/mol. The summed E-state index contributed by atoms with van der Waals surface area (Å²) in [6.07, 6.45) is 0.0593. The van der Waals surface area contributed by atoms with Crippen molar-refractivity contribution >= 4 is 58.2 Å². The maximum absolute atomic E-state index is 12.2. The molecule has 1 heterocycles. The van der Waals surface area contributed by atoms with Crippen molar-refractivity contribution in [3.8, 4) is 0 Å². The Hall–Kier alpha value is -1.69. The van der Waals surface area contributed by atoms with E-state index in [0.29, 0.717) is 21.4 Å². The van der Waals surface area contributed by atoms with Gasteiger partial charge in [0.2, 0.25) is 11.8 Å². The number of thioether (sulfide) groups is 1. The molecule has 1 aliphatic rings. The van der Waals surface area contributed by atoms with E-state index in [1.165, 1.54) is 11.8 Å². The number of halogens is 2. The lowest BCUT2D eigenvalue weighted by Crippen LogP contribution is -2.32. The second-order valence-corrected chi connectivity index (χ2v) is 7.06. The molecule has 2 N–H and O–H groups in total. The molecule has 4 nitrogen and oxygen atoms in total. The van der Waals surface area contributed by atoms with Gasteiger partial charge in [0.25, 0.3) is 0 Å². The van der Waals surface area contributed by atoms with Crippen molar-refractivity contribution in [3.05, 3.63) is 52.5 Å². The van der Waals surface area contributed by atoms with Gasteiger partial charge in [0.15, 0.2) is 0 Å². The molecule has 23 heavy (non-hydrogen) atoms. The maximum atomic E-state index is 12.2. The van der Waals surface area contributed by atoms with E-state index in [0.717, 1.165) is 4.90 Å². The summed E-state index contributed by atoms with van der Waals surface area (Å²) < 4.78 is 0. The van der Waals surface area contributed by atoms with Gasteiger partial charge in [-0.05, 0) is 30.3 Å². The SMILES string of the molecule is O=C(CC1Sc2ccc(Cl)cc2NC1=O)Nc1ccccc1Cl. The lowest BCUT2D eigenvalue weighted by atomic mass is 10.2. The van der Waals surface area contributed by atoms with Crippen molar-refractivity contribution in [2.45, 2.75) is 16.6 Å². The van der Waals surface area contributed by atoms with Crippen LogP contribution in [0.15, 0.2) is 47.4 Å². The number of fused-ring (bicyclic) bond motifs is 1. The van der Waals surface area contributed by atoms with Crippen LogP contribution >= 0.6 is 35.0 Å². The highest BCUT2D eigenvalue weighted by molar-refractivity contribution is 8.01. The fourth-order valence-electron chi connectivity index (χ4n) is 2.19. The molecule has 0 bridgehead atoms. The molecule has 0 aromatic heterocycles. The topological polar surface area (TPSA) is 58.2 Å². The molecule has 1 unspecified atom stereocenters. The summed E-state index contributed by atoms with van der Waals surface area (Å²) in [5.41, 5.74) is 1.21. The van der Waals surface area contributed by atoms with Gasteiger partial charge in [0, 0.05) is 16.3 Å². The van der Waals surface area contributed by atoms with Gasteiger partial charge in [-0.2, -0.15) is 0 Å². The van der Waals surface area contributed by atoms with Gasteiger partial charge in [-0.3, -0.25) is 9.59 Å². The normalized spacial score (nSPS) is 16.4. The number of anilines is 2. The van der Waals surface area contributed by atoms with Gasteiger partial charge >= 0.3 is 0 Å². The number of amides is 2. The highest BCUT2D eigenvalue weighted by Crippen LogP contribution is 2.38. The van der Waals surface area contributed by atoms with Gasteiger partial charge < -0.3 is 10.6 Å². The molecule has 2 aromatic rings. The first-order valence-corrected chi connectivity index (χ1v) is 8.48. The number of carbonyl (C=O) groups excluding carboxylic acids is 2. The first kappa shape index (κ1) is 16.2. The largest absolute Gasteiger partial charge is 0.325 e. The average Bonchev–Trinajstić information content (AvgIpc) is 2.50. The van der Waals surface area contributed by atoms with Gasteiger partial charge in [-0.25, -0.2) is 0 Å². The van der Waals surface area contributed by atoms with Crippen LogP contribution in [0.4, 0.5) is 11.4 Å². The summed E-state index contributed by atoms with van der Waals surface area (Å²) >= 11 is 13.3. The van der Waals surface area contributed by atoms with Crippen LogP contribution in [0.2, 0.25) is 10.0 Å². The van der Waals surface area contributed by atoms with Crippen LogP contribution in [0.25, 0.3) is 0 Å². The van der Waals surface area contributed by atoms with E-state index in [4.69, 9.17) is 23.2 Å². The number of nitrogens with one attached hydrogen (secondary N) is 2. The number of carbonyl (C=O) groups is 2. The fraction of sp³-hybridized carbons (Fsp3) is 0.125. The predicted molar refractivity (Wildman–Crippen MR) is 94.4 cm³/mol. The van der Waals surface area contributed by atoms with E-state index in [9.17, 15) is 9.59 Å². The van der Waals surface area contributed by atoms with Crippen molar-refractivity contribution in [2.24, 2.45) is 0 Å². The van der Waals surface area contributed by atoms with Crippen LogP contribution in [0.5, 0.6) is 0 Å². The van der Waals surface area contributed by atoms with Gasteiger partial charge in [-0.1, -0.05) is 35.3 Å². The summed E-state index contributed by atoms with van der Waals surface area (Å²) in [7, 11) is 0. The summed E-state index contributed by atoms with van der Waals surface area (Å²) in [5, 5.41) is 6.03. The Morgan fingerprint density at radius 2 is 2.00 bits per heavy atom. The molecule has 2 amide bonds. The highest BCUT2D eigenvalue weighted by atomic mass is 35.5. The summed E-state index contributed by atoms with van der Waals surface area (Å²) in [6, 6.07) is 12.3. The Bertz CT molecular complexity index is 782. The average molecular weight is 367 g/mol. The van der Waals surface area contributed by atoms with Gasteiger partial charge in [0.1, 0.15) is 0 Å². The number of hydrogen-bond donors (Lipinski definition) is 2. The van der Waals surface area contributed by atoms with E-state index in [1.807, 2.05) is 6.07 Å². The van der Waals surface area contributed by atoms with Crippen LogP contribution < -0.4 is 10.6 Å². The first-order chi connectivity index (χ1) is 11.0. The molecule has 2 aromatic carbocycles. The van der Waals surface area contributed by atoms with Crippen molar-refractivity contribution in [1.82, 2.24) is 0 Å². The molecule has 3 rings (SSSR count). The molecule has 1 aliphatic heterocycles. The quantitative estimate of drug-likeness (QED) is 0.844. The smallest absolute Gasteiger partial charge is 0.238 e. The minimum Gasteiger partial charge on any atom is -0.325 e. The molecule has 0 fully saturated rings. The third kappa shape index (κ3) is 3.80. The van der Waals surface area contributed by atoms with Crippen molar-refractivity contribution < 1.29 is 9.59 Å². The maximum Gasteiger partial charge on any atom is 0.238 e. The van der Waals surface area contributed by atoms with Crippen LogP contribution in [0.3, 0.4) is 0 Å². The zero-order chi connectivity index (χ0) is 16.4. The summed E-state index contributed by atoms with van der Waals surface area (Å²) in [5.74, 6) is -0.470. The van der Waals surface area contributed by atoms with E-state index in [-0.39, 0.29) is 18.2 Å². The third-order valence-electron chi connectivity index (χ3n) is 3.28. The van der Waals surface area contributed by atoms with E-state index < -0.39 is 5.25 Å². The molecule has 0 saturated heterocycles. The number of para-hydroxylation sites is 1. The molecule has 7 heteroatoms. The number of hydrogen-bond acceptors (Lipinski definition) is 3. The molecule has 0 aliphatic carbocycles. The molecule has 0 spiro atoms. The van der Waals surface area contributed by atoms with Crippen LogP contribution in [0, 0.1) is 0 Å². The van der Waals surface area contributed by atoms with Gasteiger partial charge in [0.05, 0.1) is 21.6 Å². The minimum atomic E-state index is -0.494. The lowest BCUT2D eigenvalue weighted by Gasteiger charge is -2.23. The minimum absolute atomic E-state index is 0.0593. The first-order valence-electron chi connectivity index (χ1n) is 6.84. The second kappa shape index (κ2) is 6.83. The highest BCUT2D eigenvalue weighted by Gasteiger charge is 2.29. The Labute approximate surface area is 147 Å². The van der Waals surface area contributed by atoms with E-state index >= 15 is 0 Å². The molecule has 0 radical (unpaired) electrons. The van der Waals surface area contributed by atoms with Crippen LogP contribution in [-0.4, -0.2) is 17.1 Å². The predicted octanol–water partition coefficient (Wildman–Crippen LogP) is 4.44. The van der Waals surface area contributed by atoms with Crippen LogP contribution in [-0.2, 0) is 9.59 Å². The van der Waals surface area contributed by atoms with Crippen molar-refractivity contribution in [1.29, 1.82) is 0 Å².